The summed E-state index contributed by atoms with van der Waals surface area (Å²) in [7, 11) is 0. The SMILES string of the molecule is C=CC(=O)N1CCN(c2nc(C)nc3c(F)c(-c4cc(O)cc5ccccc45)c(Cl)cc23)[C@@H](C)C1. The third-order valence-corrected chi connectivity index (χ3v) is 6.77. The average Bonchev–Trinajstić information content (AvgIpc) is 2.83. The quantitative estimate of drug-likeness (QED) is 0.385. The van der Waals surface area contributed by atoms with Crippen molar-refractivity contribution in [2.75, 3.05) is 24.5 Å². The second-order valence-corrected chi connectivity index (χ2v) is 9.19. The second-order valence-electron chi connectivity index (χ2n) is 8.78. The fourth-order valence-corrected chi connectivity index (χ4v) is 5.15. The number of benzene rings is 3. The van der Waals surface area contributed by atoms with Gasteiger partial charge in [-0.3, -0.25) is 4.79 Å². The fraction of sp³-hybridized carbons (Fsp3) is 0.222. The average molecular weight is 491 g/mol. The molecule has 178 valence electrons. The van der Waals surface area contributed by atoms with E-state index in [0.717, 1.165) is 10.8 Å². The van der Waals surface area contributed by atoms with Crippen molar-refractivity contribution in [3.05, 3.63) is 71.8 Å². The van der Waals surface area contributed by atoms with E-state index in [2.05, 4.69) is 21.4 Å². The fourth-order valence-electron chi connectivity index (χ4n) is 4.86. The van der Waals surface area contributed by atoms with Crippen LogP contribution < -0.4 is 4.90 Å². The number of hydrogen-bond donors (Lipinski definition) is 1. The van der Waals surface area contributed by atoms with Gasteiger partial charge in [0.2, 0.25) is 5.91 Å². The van der Waals surface area contributed by atoms with Gasteiger partial charge >= 0.3 is 0 Å². The number of phenolic OH excluding ortho intramolecular Hbond substituents is 1. The number of aryl methyl sites for hydroxylation is 1. The van der Waals surface area contributed by atoms with Gasteiger partial charge in [-0.1, -0.05) is 42.4 Å². The smallest absolute Gasteiger partial charge is 0.246 e. The molecule has 1 fully saturated rings. The lowest BCUT2D eigenvalue weighted by atomic mass is 9.96. The van der Waals surface area contributed by atoms with Gasteiger partial charge in [-0.15, -0.1) is 0 Å². The van der Waals surface area contributed by atoms with Crippen molar-refractivity contribution in [3.63, 3.8) is 0 Å². The number of amides is 1. The zero-order valence-corrected chi connectivity index (χ0v) is 20.2. The van der Waals surface area contributed by atoms with Crippen LogP contribution in [0.5, 0.6) is 5.75 Å². The molecule has 0 bridgehead atoms. The van der Waals surface area contributed by atoms with Crippen LogP contribution in [-0.2, 0) is 4.79 Å². The Labute approximate surface area is 207 Å². The van der Waals surface area contributed by atoms with Gasteiger partial charge in [0.15, 0.2) is 5.82 Å². The number of piperazine rings is 1. The summed E-state index contributed by atoms with van der Waals surface area (Å²) >= 11 is 6.71. The third-order valence-electron chi connectivity index (χ3n) is 6.48. The molecule has 1 atom stereocenters. The predicted octanol–water partition coefficient (Wildman–Crippen LogP) is 5.48. The van der Waals surface area contributed by atoms with Crippen molar-refractivity contribution in [3.8, 4) is 16.9 Å². The molecule has 0 radical (unpaired) electrons. The minimum atomic E-state index is -0.567. The molecule has 35 heavy (non-hydrogen) atoms. The molecule has 5 rings (SSSR count). The molecule has 8 heteroatoms. The van der Waals surface area contributed by atoms with E-state index in [1.807, 2.05) is 31.2 Å². The van der Waals surface area contributed by atoms with Gasteiger partial charge in [0, 0.05) is 36.6 Å². The largest absolute Gasteiger partial charge is 0.508 e. The topological polar surface area (TPSA) is 69.6 Å². The maximum Gasteiger partial charge on any atom is 0.246 e. The number of nitrogens with zero attached hydrogens (tertiary/aromatic N) is 4. The summed E-state index contributed by atoms with van der Waals surface area (Å²) in [6.07, 6.45) is 1.31. The van der Waals surface area contributed by atoms with E-state index >= 15 is 4.39 Å². The lowest BCUT2D eigenvalue weighted by molar-refractivity contribution is -0.126. The first kappa shape index (κ1) is 23.1. The molecular formula is C27H24ClFN4O2. The van der Waals surface area contributed by atoms with Crippen molar-refractivity contribution in [1.82, 2.24) is 14.9 Å². The van der Waals surface area contributed by atoms with Gasteiger partial charge in [-0.05, 0) is 54.5 Å². The van der Waals surface area contributed by atoms with Gasteiger partial charge in [-0.2, -0.15) is 0 Å². The lowest BCUT2D eigenvalue weighted by Crippen LogP contribution is -2.53. The lowest BCUT2D eigenvalue weighted by Gasteiger charge is -2.40. The van der Waals surface area contributed by atoms with Crippen LogP contribution in [0.3, 0.4) is 0 Å². The van der Waals surface area contributed by atoms with Crippen LogP contribution in [-0.4, -0.2) is 51.6 Å². The molecule has 0 aliphatic carbocycles. The maximum atomic E-state index is 16.2. The van der Waals surface area contributed by atoms with Crippen LogP contribution in [0.15, 0.2) is 55.1 Å². The van der Waals surface area contributed by atoms with Crippen molar-refractivity contribution < 1.29 is 14.3 Å². The van der Waals surface area contributed by atoms with Crippen molar-refractivity contribution in [2.24, 2.45) is 0 Å². The molecule has 1 N–H and O–H groups in total. The number of aromatic hydroxyl groups is 1. The molecule has 2 heterocycles. The number of carbonyl (C=O) groups excluding carboxylic acids is 1. The van der Waals surface area contributed by atoms with E-state index in [9.17, 15) is 9.90 Å². The number of phenols is 1. The molecule has 1 aliphatic rings. The summed E-state index contributed by atoms with van der Waals surface area (Å²) in [6.45, 7) is 8.83. The predicted molar refractivity (Wildman–Crippen MR) is 137 cm³/mol. The molecule has 1 aliphatic heterocycles. The number of anilines is 1. The van der Waals surface area contributed by atoms with Gasteiger partial charge in [-0.25, -0.2) is 14.4 Å². The monoisotopic (exact) mass is 490 g/mol. The van der Waals surface area contributed by atoms with Crippen molar-refractivity contribution in [2.45, 2.75) is 19.9 Å². The maximum absolute atomic E-state index is 16.2. The zero-order chi connectivity index (χ0) is 24.9. The van der Waals surface area contributed by atoms with E-state index in [1.54, 1.807) is 24.0 Å². The summed E-state index contributed by atoms with van der Waals surface area (Å²) in [5, 5.41) is 12.6. The highest BCUT2D eigenvalue weighted by atomic mass is 35.5. The number of hydrogen-bond acceptors (Lipinski definition) is 5. The first-order chi connectivity index (χ1) is 16.8. The van der Waals surface area contributed by atoms with Gasteiger partial charge in [0.25, 0.3) is 0 Å². The summed E-state index contributed by atoms with van der Waals surface area (Å²) in [5.41, 5.74) is 0.841. The van der Waals surface area contributed by atoms with Gasteiger partial charge in [0.1, 0.15) is 22.9 Å². The number of aromatic nitrogens is 2. The Bertz CT molecular complexity index is 1510. The Morgan fingerprint density at radius 2 is 1.97 bits per heavy atom. The number of halogens is 2. The Morgan fingerprint density at radius 1 is 1.20 bits per heavy atom. The van der Waals surface area contributed by atoms with Crippen LogP contribution in [0.25, 0.3) is 32.8 Å². The van der Waals surface area contributed by atoms with E-state index in [-0.39, 0.29) is 33.8 Å². The summed E-state index contributed by atoms with van der Waals surface area (Å²) in [6, 6.07) is 12.2. The van der Waals surface area contributed by atoms with Gasteiger partial charge in [0.05, 0.1) is 5.02 Å². The molecule has 0 unspecified atom stereocenters. The Hall–Kier alpha value is -3.71. The Kier molecular flexibility index (Phi) is 5.81. The van der Waals surface area contributed by atoms with E-state index in [4.69, 9.17) is 11.6 Å². The molecule has 4 aromatic rings. The van der Waals surface area contributed by atoms with Crippen LogP contribution in [0.2, 0.25) is 5.02 Å². The summed E-state index contributed by atoms with van der Waals surface area (Å²) < 4.78 is 16.2. The highest BCUT2D eigenvalue weighted by Gasteiger charge is 2.29. The molecule has 1 aromatic heterocycles. The highest BCUT2D eigenvalue weighted by molar-refractivity contribution is 6.35. The number of carbonyl (C=O) groups is 1. The van der Waals surface area contributed by atoms with Crippen molar-refractivity contribution >= 4 is 45.0 Å². The molecular weight excluding hydrogens is 467 g/mol. The zero-order valence-electron chi connectivity index (χ0n) is 19.4. The first-order valence-corrected chi connectivity index (χ1v) is 11.7. The molecule has 1 saturated heterocycles. The minimum absolute atomic E-state index is 0.0228. The van der Waals surface area contributed by atoms with E-state index in [0.29, 0.717) is 42.2 Å². The third kappa shape index (κ3) is 3.96. The molecule has 3 aromatic carbocycles. The second kappa shape index (κ2) is 8.82. The summed E-state index contributed by atoms with van der Waals surface area (Å²) in [5.74, 6) is 0.353. The van der Waals surface area contributed by atoms with Crippen molar-refractivity contribution in [1.29, 1.82) is 0 Å². The standard InChI is InChI=1S/C27H24ClFN4O2/c1-4-23(35)32-9-10-33(15(2)14-32)27-21-13-22(28)24(25(29)26(21)30-16(3)31-27)20-12-18(34)11-17-7-5-6-8-19(17)20/h4-8,11-13,15,34H,1,9-10,14H2,2-3H3/t15-/m0/s1. The van der Waals surface area contributed by atoms with E-state index in [1.165, 1.54) is 12.1 Å². The van der Waals surface area contributed by atoms with Crippen LogP contribution in [0.1, 0.15) is 12.7 Å². The Morgan fingerprint density at radius 3 is 2.71 bits per heavy atom. The van der Waals surface area contributed by atoms with Crippen LogP contribution >= 0.6 is 11.6 Å². The number of fused-ring (bicyclic) bond motifs is 2. The molecule has 1 amide bonds. The number of rotatable bonds is 3. The van der Waals surface area contributed by atoms with Crippen LogP contribution in [0.4, 0.5) is 10.2 Å². The first-order valence-electron chi connectivity index (χ1n) is 11.3. The minimum Gasteiger partial charge on any atom is -0.508 e. The normalized spacial score (nSPS) is 16.2. The van der Waals surface area contributed by atoms with E-state index < -0.39 is 5.82 Å². The van der Waals surface area contributed by atoms with Crippen LogP contribution in [0, 0.1) is 12.7 Å². The summed E-state index contributed by atoms with van der Waals surface area (Å²) in [4.78, 5) is 24.9. The highest BCUT2D eigenvalue weighted by Crippen LogP contribution is 2.42. The Balaban J connectivity index is 1.68. The molecule has 6 nitrogen and oxygen atoms in total. The van der Waals surface area contributed by atoms with Gasteiger partial charge < -0.3 is 14.9 Å². The molecule has 0 saturated carbocycles. The molecule has 0 spiro atoms.